The van der Waals surface area contributed by atoms with Gasteiger partial charge in [-0.2, -0.15) is 0 Å². The molecule has 0 aliphatic carbocycles. The molecule has 0 radical (unpaired) electrons. The Morgan fingerprint density at radius 3 is 2.36 bits per heavy atom. The molecule has 0 bridgehead atoms. The van der Waals surface area contributed by atoms with Crippen LogP contribution in [0.15, 0.2) is 24.3 Å². The number of nitro benzene ring substituents is 1. The molecule has 0 aromatic heterocycles. The molecule has 0 spiro atoms. The van der Waals surface area contributed by atoms with Gasteiger partial charge in [0.15, 0.2) is 23.0 Å². The lowest BCUT2D eigenvalue weighted by Gasteiger charge is -2.28. The van der Waals surface area contributed by atoms with Gasteiger partial charge in [-0.1, -0.05) is 0 Å². The average Bonchev–Trinajstić information content (AvgIpc) is 2.61. The van der Waals surface area contributed by atoms with Crippen molar-refractivity contribution in [1.29, 1.82) is 0 Å². The molecular weight excluding hydrogens is 328 g/mol. The maximum absolute atomic E-state index is 11.6. The second kappa shape index (κ2) is 6.48. The number of hydrogen-bond donors (Lipinski definition) is 3. The lowest BCUT2D eigenvalue weighted by Crippen LogP contribution is -2.31. The summed E-state index contributed by atoms with van der Waals surface area (Å²) in [6, 6.07) is 5.29. The number of methoxy groups -OCH3 is 2. The van der Waals surface area contributed by atoms with E-state index in [1.165, 1.54) is 32.4 Å². The minimum atomic E-state index is -0.518. The number of nitrogens with zero attached hydrogens (tertiary/aromatic N) is 1. The highest BCUT2D eigenvalue weighted by Crippen LogP contribution is 2.42. The van der Waals surface area contributed by atoms with Gasteiger partial charge in [0.05, 0.1) is 36.8 Å². The van der Waals surface area contributed by atoms with Gasteiger partial charge in [-0.05, 0) is 35.7 Å². The number of aromatic hydroxyl groups is 2. The molecule has 1 atom stereocenters. The van der Waals surface area contributed by atoms with E-state index < -0.39 is 11.0 Å². The minimum Gasteiger partial charge on any atom is -0.504 e. The lowest BCUT2D eigenvalue weighted by molar-refractivity contribution is -0.385. The summed E-state index contributed by atoms with van der Waals surface area (Å²) < 4.78 is 10.4. The van der Waals surface area contributed by atoms with Crippen LogP contribution in [-0.4, -0.2) is 35.9 Å². The maximum atomic E-state index is 11.6. The van der Waals surface area contributed by atoms with E-state index in [4.69, 9.17) is 9.47 Å². The molecule has 25 heavy (non-hydrogen) atoms. The van der Waals surface area contributed by atoms with Crippen LogP contribution in [-0.2, 0) is 6.42 Å². The molecule has 1 heterocycles. The smallest absolute Gasteiger partial charge is 0.278 e. The summed E-state index contributed by atoms with van der Waals surface area (Å²) >= 11 is 0. The van der Waals surface area contributed by atoms with Gasteiger partial charge >= 0.3 is 0 Å². The van der Waals surface area contributed by atoms with E-state index in [2.05, 4.69) is 5.32 Å². The topological polar surface area (TPSA) is 114 Å². The zero-order valence-corrected chi connectivity index (χ0v) is 13.8. The van der Waals surface area contributed by atoms with Crippen molar-refractivity contribution < 1.29 is 24.6 Å². The molecule has 2 aromatic carbocycles. The maximum Gasteiger partial charge on any atom is 0.278 e. The van der Waals surface area contributed by atoms with Crippen molar-refractivity contribution in [3.05, 3.63) is 51.1 Å². The predicted molar refractivity (Wildman–Crippen MR) is 89.5 cm³/mol. The monoisotopic (exact) mass is 346 g/mol. The standard InChI is InChI=1S/C17H18N2O6/c1-24-15-7-11(12(19(22)23)8-16(15)25-2)17-10-6-14(21)13(20)5-9(10)3-4-18-17/h5-8,17-18,20-21H,3-4H2,1-2H3. The fraction of sp³-hybridized carbons (Fsp3) is 0.294. The Morgan fingerprint density at radius 2 is 1.72 bits per heavy atom. The van der Waals surface area contributed by atoms with E-state index in [1.807, 2.05) is 0 Å². The first-order valence-corrected chi connectivity index (χ1v) is 7.64. The Labute approximate surface area is 143 Å². The molecule has 132 valence electrons. The highest BCUT2D eigenvalue weighted by molar-refractivity contribution is 5.59. The van der Waals surface area contributed by atoms with Gasteiger partial charge in [-0.15, -0.1) is 0 Å². The van der Waals surface area contributed by atoms with Gasteiger partial charge in [0, 0.05) is 6.54 Å². The highest BCUT2D eigenvalue weighted by Gasteiger charge is 2.30. The first-order chi connectivity index (χ1) is 12.0. The molecule has 3 rings (SSSR count). The van der Waals surface area contributed by atoms with Gasteiger partial charge in [0.2, 0.25) is 0 Å². The number of ether oxygens (including phenoxy) is 2. The second-order valence-corrected chi connectivity index (χ2v) is 5.70. The summed E-state index contributed by atoms with van der Waals surface area (Å²) in [5.41, 5.74) is 1.78. The van der Waals surface area contributed by atoms with Crippen LogP contribution in [0, 0.1) is 10.1 Å². The van der Waals surface area contributed by atoms with E-state index >= 15 is 0 Å². The zero-order valence-electron chi connectivity index (χ0n) is 13.8. The molecule has 3 N–H and O–H groups in total. The van der Waals surface area contributed by atoms with E-state index in [0.717, 1.165) is 5.56 Å². The summed E-state index contributed by atoms with van der Waals surface area (Å²) in [5.74, 6) is 0.166. The highest BCUT2D eigenvalue weighted by atomic mass is 16.6. The molecule has 8 heteroatoms. The minimum absolute atomic E-state index is 0.115. The summed E-state index contributed by atoms with van der Waals surface area (Å²) in [5, 5.41) is 34.3. The van der Waals surface area contributed by atoms with Gasteiger partial charge in [-0.3, -0.25) is 10.1 Å². The van der Waals surface area contributed by atoms with E-state index in [1.54, 1.807) is 6.07 Å². The van der Waals surface area contributed by atoms with Crippen LogP contribution in [0.3, 0.4) is 0 Å². The van der Waals surface area contributed by atoms with Crippen LogP contribution < -0.4 is 14.8 Å². The Balaban J connectivity index is 2.20. The predicted octanol–water partition coefficient (Wildman–Crippen LogP) is 2.26. The Morgan fingerprint density at radius 1 is 1.08 bits per heavy atom. The summed E-state index contributed by atoms with van der Waals surface area (Å²) in [6.45, 7) is 0.577. The van der Waals surface area contributed by atoms with Crippen molar-refractivity contribution in [1.82, 2.24) is 5.32 Å². The number of phenolic OH excluding ortho intramolecular Hbond substituents is 2. The third-order valence-electron chi connectivity index (χ3n) is 4.33. The van der Waals surface area contributed by atoms with Crippen LogP contribution >= 0.6 is 0 Å². The van der Waals surface area contributed by atoms with Crippen molar-refractivity contribution in [2.75, 3.05) is 20.8 Å². The number of rotatable bonds is 4. The normalized spacial score (nSPS) is 16.2. The molecule has 2 aromatic rings. The van der Waals surface area contributed by atoms with Crippen molar-refractivity contribution in [3.8, 4) is 23.0 Å². The van der Waals surface area contributed by atoms with Gasteiger partial charge in [0.1, 0.15) is 0 Å². The van der Waals surface area contributed by atoms with E-state index in [9.17, 15) is 20.3 Å². The molecule has 0 amide bonds. The molecule has 1 unspecified atom stereocenters. The molecular formula is C17H18N2O6. The van der Waals surface area contributed by atoms with Crippen LogP contribution in [0.4, 0.5) is 5.69 Å². The SMILES string of the molecule is COc1cc(C2NCCc3cc(O)c(O)cc32)c([N+](=O)[O-])cc1OC. The number of fused-ring (bicyclic) bond motifs is 1. The third kappa shape index (κ3) is 2.91. The van der Waals surface area contributed by atoms with Gasteiger partial charge < -0.3 is 25.0 Å². The van der Waals surface area contributed by atoms with Crippen LogP contribution in [0.25, 0.3) is 0 Å². The molecule has 8 nitrogen and oxygen atoms in total. The average molecular weight is 346 g/mol. The van der Waals surface area contributed by atoms with Gasteiger partial charge in [0.25, 0.3) is 5.69 Å². The third-order valence-corrected chi connectivity index (χ3v) is 4.33. The Bertz CT molecular complexity index is 836. The van der Waals surface area contributed by atoms with E-state index in [-0.39, 0.29) is 22.9 Å². The van der Waals surface area contributed by atoms with Gasteiger partial charge in [-0.25, -0.2) is 0 Å². The van der Waals surface area contributed by atoms with Crippen molar-refractivity contribution >= 4 is 5.69 Å². The molecule has 0 fully saturated rings. The lowest BCUT2D eigenvalue weighted by atomic mass is 9.88. The number of nitrogens with one attached hydrogen (secondary N) is 1. The first kappa shape index (κ1) is 16.8. The second-order valence-electron chi connectivity index (χ2n) is 5.70. The first-order valence-electron chi connectivity index (χ1n) is 7.64. The molecule has 1 aliphatic rings. The summed E-state index contributed by atoms with van der Waals surface area (Å²) in [7, 11) is 2.87. The Hall–Kier alpha value is -3.00. The zero-order chi connectivity index (χ0) is 18.1. The summed E-state index contributed by atoms with van der Waals surface area (Å²) in [4.78, 5) is 11.1. The number of phenols is 2. The number of nitro groups is 1. The number of benzene rings is 2. The van der Waals surface area contributed by atoms with Crippen molar-refractivity contribution in [2.45, 2.75) is 12.5 Å². The largest absolute Gasteiger partial charge is 0.504 e. The summed E-state index contributed by atoms with van der Waals surface area (Å²) in [6.07, 6.45) is 0.640. The fourth-order valence-corrected chi connectivity index (χ4v) is 3.13. The quantitative estimate of drug-likeness (QED) is 0.442. The van der Waals surface area contributed by atoms with Crippen molar-refractivity contribution in [2.24, 2.45) is 0 Å². The Kier molecular flexibility index (Phi) is 4.37. The molecule has 0 saturated carbocycles. The van der Waals surface area contributed by atoms with Crippen LogP contribution in [0.2, 0.25) is 0 Å². The van der Waals surface area contributed by atoms with E-state index in [0.29, 0.717) is 29.8 Å². The van der Waals surface area contributed by atoms with Crippen molar-refractivity contribution in [3.63, 3.8) is 0 Å². The molecule has 0 saturated heterocycles. The van der Waals surface area contributed by atoms with Crippen LogP contribution in [0.5, 0.6) is 23.0 Å². The number of hydrogen-bond acceptors (Lipinski definition) is 7. The fourth-order valence-electron chi connectivity index (χ4n) is 3.13. The van der Waals surface area contributed by atoms with Crippen LogP contribution in [0.1, 0.15) is 22.7 Å². The molecule has 1 aliphatic heterocycles.